The summed E-state index contributed by atoms with van der Waals surface area (Å²) in [5.41, 5.74) is 3.53. The summed E-state index contributed by atoms with van der Waals surface area (Å²) in [6.07, 6.45) is 1.90. The van der Waals surface area contributed by atoms with Gasteiger partial charge in [-0.1, -0.05) is 70.6 Å². The molecule has 4 nitrogen and oxygen atoms in total. The zero-order valence-electron chi connectivity index (χ0n) is 19.1. The van der Waals surface area contributed by atoms with E-state index in [0.29, 0.717) is 21.2 Å². The van der Waals surface area contributed by atoms with Gasteiger partial charge in [-0.15, -0.1) is 0 Å². The van der Waals surface area contributed by atoms with Crippen LogP contribution < -0.4 is 4.90 Å². The summed E-state index contributed by atoms with van der Waals surface area (Å²) in [4.78, 5) is 3.22. The molecule has 5 heteroatoms. The summed E-state index contributed by atoms with van der Waals surface area (Å²) in [5, 5.41) is 9.14. The Labute approximate surface area is 202 Å². The second kappa shape index (κ2) is 10.3. The summed E-state index contributed by atoms with van der Waals surface area (Å²) in [7, 11) is -1.06. The molecule has 4 aromatic carbocycles. The summed E-state index contributed by atoms with van der Waals surface area (Å²) < 4.78 is 19.5. The molecule has 168 valence electrons. The molecule has 0 aromatic heterocycles. The molecule has 34 heavy (non-hydrogen) atoms. The fourth-order valence-corrected chi connectivity index (χ4v) is 5.44. The van der Waals surface area contributed by atoms with E-state index in [1.54, 1.807) is 12.1 Å². The van der Waals surface area contributed by atoms with Crippen molar-refractivity contribution in [2.24, 2.45) is 4.36 Å². The predicted molar refractivity (Wildman–Crippen MR) is 139 cm³/mol. The molecule has 0 aliphatic carbocycles. The number of benzene rings is 4. The first-order valence-corrected chi connectivity index (χ1v) is 12.4. The molecule has 0 N–H and O–H groups in total. The first-order valence-electron chi connectivity index (χ1n) is 10.9. The molecule has 0 atom stereocenters. The maximum atomic E-state index is 14.6. The van der Waals surface area contributed by atoms with Crippen LogP contribution in [0.2, 0.25) is 0 Å². The highest BCUT2D eigenvalue weighted by atomic mass is 32.3. The fraction of sp³-hybridized carbons (Fsp3) is 0.0690. The van der Waals surface area contributed by atoms with E-state index >= 15 is 0 Å². The number of aryl methyl sites for hydroxylation is 1. The Hall–Kier alpha value is -3.98. The average molecular weight is 464 g/mol. The van der Waals surface area contributed by atoms with Crippen molar-refractivity contribution in [3.63, 3.8) is 0 Å². The third-order valence-electron chi connectivity index (χ3n) is 5.45. The molecule has 4 rings (SSSR count). The summed E-state index contributed by atoms with van der Waals surface area (Å²) in [5.74, 6) is 0.547. The monoisotopic (exact) mass is 463 g/mol. The number of nitrogens with zero attached hydrogens (tertiary/aromatic N) is 3. The van der Waals surface area contributed by atoms with E-state index in [2.05, 4.69) is 6.07 Å². The summed E-state index contributed by atoms with van der Waals surface area (Å²) >= 11 is 0. The number of nitriles is 1. The van der Waals surface area contributed by atoms with Crippen LogP contribution in [0.15, 0.2) is 129 Å². The Morgan fingerprint density at radius 1 is 0.824 bits per heavy atom. The maximum absolute atomic E-state index is 14.6. The van der Waals surface area contributed by atoms with Crippen molar-refractivity contribution in [1.82, 2.24) is 0 Å². The van der Waals surface area contributed by atoms with Gasteiger partial charge in [0.1, 0.15) is 9.79 Å². The van der Waals surface area contributed by atoms with E-state index < -0.39 is 10.1 Å². The number of hydrogen-bond acceptors (Lipinski definition) is 4. The highest BCUT2D eigenvalue weighted by Gasteiger charge is 2.23. The van der Waals surface area contributed by atoms with Crippen LogP contribution >= 0.6 is 0 Å². The van der Waals surface area contributed by atoms with E-state index in [1.807, 2.05) is 122 Å². The van der Waals surface area contributed by atoms with Gasteiger partial charge in [-0.3, -0.25) is 0 Å². The lowest BCUT2D eigenvalue weighted by Gasteiger charge is -2.26. The first-order chi connectivity index (χ1) is 16.5. The van der Waals surface area contributed by atoms with Gasteiger partial charge in [0, 0.05) is 12.7 Å². The topological polar surface area (TPSA) is 62.5 Å². The van der Waals surface area contributed by atoms with Crippen LogP contribution in [0, 0.1) is 18.3 Å². The van der Waals surface area contributed by atoms with Gasteiger partial charge in [0.25, 0.3) is 0 Å². The van der Waals surface area contributed by atoms with Crippen LogP contribution in [0.5, 0.6) is 0 Å². The molecule has 0 bridgehead atoms. The molecule has 0 aliphatic rings. The molecule has 0 saturated heterocycles. The SMILES string of the molecule is Cc1ccc(N(C)/C(=C/c2ccc(C#N)cc2)N=[S+]([O-])(c2ccccc2)c2ccccc2)cc1. The zero-order chi connectivity index (χ0) is 24.0. The van der Waals surface area contributed by atoms with Crippen LogP contribution in [-0.2, 0) is 10.1 Å². The minimum Gasteiger partial charge on any atom is -0.622 e. The lowest BCUT2D eigenvalue weighted by atomic mass is 10.1. The van der Waals surface area contributed by atoms with Crippen molar-refractivity contribution in [3.05, 3.63) is 132 Å². The van der Waals surface area contributed by atoms with Crippen molar-refractivity contribution >= 4 is 21.9 Å². The van der Waals surface area contributed by atoms with Gasteiger partial charge in [0.2, 0.25) is 0 Å². The third-order valence-corrected chi connectivity index (χ3v) is 7.71. The highest BCUT2D eigenvalue weighted by Crippen LogP contribution is 2.32. The molecule has 4 aromatic rings. The van der Waals surface area contributed by atoms with Crippen molar-refractivity contribution in [2.45, 2.75) is 16.7 Å². The minimum atomic E-state index is -2.98. The lowest BCUT2D eigenvalue weighted by Crippen LogP contribution is -2.20. The molecule has 0 radical (unpaired) electrons. The summed E-state index contributed by atoms with van der Waals surface area (Å²) in [6, 6.07) is 36.2. The molecule has 0 heterocycles. The third kappa shape index (κ3) is 5.15. The molecule has 0 aliphatic heterocycles. The van der Waals surface area contributed by atoms with E-state index in [-0.39, 0.29) is 0 Å². The summed E-state index contributed by atoms with van der Waals surface area (Å²) in [6.45, 7) is 2.04. The van der Waals surface area contributed by atoms with Crippen molar-refractivity contribution < 1.29 is 4.55 Å². The quantitative estimate of drug-likeness (QED) is 0.293. The number of rotatable bonds is 6. The molecular formula is C29H25N3OS. The molecule has 0 unspecified atom stereocenters. The Morgan fingerprint density at radius 3 is 1.85 bits per heavy atom. The second-order valence-electron chi connectivity index (χ2n) is 7.87. The van der Waals surface area contributed by atoms with Gasteiger partial charge < -0.3 is 9.45 Å². The largest absolute Gasteiger partial charge is 0.622 e. The van der Waals surface area contributed by atoms with Gasteiger partial charge >= 0.3 is 0 Å². The van der Waals surface area contributed by atoms with Crippen LogP contribution in [0.3, 0.4) is 0 Å². The Bertz CT molecular complexity index is 1330. The minimum absolute atomic E-state index is 0.547. The zero-order valence-corrected chi connectivity index (χ0v) is 19.9. The van der Waals surface area contributed by atoms with E-state index in [0.717, 1.165) is 16.8 Å². The molecule has 0 saturated carbocycles. The fourth-order valence-electron chi connectivity index (χ4n) is 3.47. The second-order valence-corrected chi connectivity index (χ2v) is 10.1. The maximum Gasteiger partial charge on any atom is 0.180 e. The van der Waals surface area contributed by atoms with Crippen LogP contribution in [0.4, 0.5) is 5.69 Å². The van der Waals surface area contributed by atoms with Gasteiger partial charge in [-0.2, -0.15) is 5.26 Å². The standard InChI is InChI=1S/C29H25N3OS/c1-23-13-19-26(20-14-23)32(2)29(21-24-15-17-25(22-30)18-16-24)31-34(33,27-9-5-3-6-10-27)28-11-7-4-8-12-28/h3-21H,1-2H3/b29-21+. The number of anilines is 1. The molecular weight excluding hydrogens is 438 g/mol. The molecule has 0 spiro atoms. The van der Waals surface area contributed by atoms with Crippen LogP contribution in [-0.4, -0.2) is 11.6 Å². The molecule has 0 fully saturated rings. The number of hydrogen-bond donors (Lipinski definition) is 0. The predicted octanol–water partition coefficient (Wildman–Crippen LogP) is 6.89. The normalized spacial score (nSPS) is 11.5. The Kier molecular flexibility index (Phi) is 7.03. The Morgan fingerprint density at radius 2 is 1.35 bits per heavy atom. The van der Waals surface area contributed by atoms with Crippen LogP contribution in [0.25, 0.3) is 6.08 Å². The Balaban J connectivity index is 1.94. The van der Waals surface area contributed by atoms with Gasteiger partial charge in [0.15, 0.2) is 5.82 Å². The van der Waals surface area contributed by atoms with Gasteiger partial charge in [-0.25, -0.2) is 0 Å². The molecule has 0 amide bonds. The van der Waals surface area contributed by atoms with Gasteiger partial charge in [0.05, 0.1) is 11.6 Å². The van der Waals surface area contributed by atoms with Crippen molar-refractivity contribution in [2.75, 3.05) is 11.9 Å². The van der Waals surface area contributed by atoms with Gasteiger partial charge in [-0.05, 0) is 77.2 Å². The highest BCUT2D eigenvalue weighted by molar-refractivity contribution is 8.00. The van der Waals surface area contributed by atoms with Crippen molar-refractivity contribution in [1.29, 1.82) is 5.26 Å². The smallest absolute Gasteiger partial charge is 0.180 e. The first kappa shape index (κ1) is 23.2. The van der Waals surface area contributed by atoms with E-state index in [1.165, 1.54) is 0 Å². The average Bonchev–Trinajstić information content (AvgIpc) is 2.89. The van der Waals surface area contributed by atoms with E-state index in [9.17, 15) is 4.55 Å². The lowest BCUT2D eigenvalue weighted by molar-refractivity contribution is 0.583. The van der Waals surface area contributed by atoms with Crippen LogP contribution in [0.1, 0.15) is 16.7 Å². The van der Waals surface area contributed by atoms with Crippen molar-refractivity contribution in [3.8, 4) is 6.07 Å². The van der Waals surface area contributed by atoms with E-state index in [4.69, 9.17) is 9.62 Å².